The van der Waals surface area contributed by atoms with E-state index in [-0.39, 0.29) is 24.2 Å². The van der Waals surface area contributed by atoms with E-state index < -0.39 is 5.97 Å². The Morgan fingerprint density at radius 3 is 2.95 bits per heavy atom. The Morgan fingerprint density at radius 1 is 1.48 bits per heavy atom. The summed E-state index contributed by atoms with van der Waals surface area (Å²) in [5.74, 6) is -0.678. The molecule has 21 heavy (non-hydrogen) atoms. The molecule has 114 valence electrons. The van der Waals surface area contributed by atoms with Crippen LogP contribution in [0.15, 0.2) is 18.3 Å². The van der Waals surface area contributed by atoms with Gasteiger partial charge in [-0.05, 0) is 25.5 Å². The third kappa shape index (κ3) is 4.42. The maximum absolute atomic E-state index is 11.7. The molecule has 7 nitrogen and oxygen atoms in total. The Hall–Kier alpha value is -2.15. The summed E-state index contributed by atoms with van der Waals surface area (Å²) in [6.45, 7) is 3.48. The Morgan fingerprint density at radius 2 is 2.29 bits per heavy atom. The maximum Gasteiger partial charge on any atom is 0.335 e. The van der Waals surface area contributed by atoms with E-state index in [0.717, 1.165) is 13.0 Å². The number of rotatable bonds is 5. The molecule has 0 aliphatic carbocycles. The highest BCUT2D eigenvalue weighted by atomic mass is 16.5. The van der Waals surface area contributed by atoms with Crippen molar-refractivity contribution in [2.45, 2.75) is 26.0 Å². The second-order valence-electron chi connectivity index (χ2n) is 5.03. The van der Waals surface area contributed by atoms with E-state index in [1.165, 1.54) is 18.3 Å². The van der Waals surface area contributed by atoms with Crippen LogP contribution in [0.1, 0.15) is 29.4 Å². The van der Waals surface area contributed by atoms with Gasteiger partial charge in [0.25, 0.3) is 0 Å². The van der Waals surface area contributed by atoms with Crippen molar-refractivity contribution in [3.63, 3.8) is 0 Å². The van der Waals surface area contributed by atoms with E-state index in [9.17, 15) is 9.59 Å². The molecule has 1 aromatic heterocycles. The van der Waals surface area contributed by atoms with Crippen molar-refractivity contribution in [1.29, 1.82) is 0 Å². The van der Waals surface area contributed by atoms with Crippen LogP contribution in [0, 0.1) is 5.92 Å². The second-order valence-corrected chi connectivity index (χ2v) is 5.03. The van der Waals surface area contributed by atoms with Gasteiger partial charge in [-0.2, -0.15) is 0 Å². The smallest absolute Gasteiger partial charge is 0.335 e. The van der Waals surface area contributed by atoms with Crippen LogP contribution in [0.25, 0.3) is 0 Å². The molecule has 7 heteroatoms. The molecular weight excluding hydrogens is 274 g/mol. The molecule has 2 amide bonds. The van der Waals surface area contributed by atoms with Crippen molar-refractivity contribution < 1.29 is 19.4 Å². The summed E-state index contributed by atoms with van der Waals surface area (Å²) in [6.07, 6.45) is 2.53. The van der Waals surface area contributed by atoms with E-state index in [4.69, 9.17) is 9.84 Å². The minimum absolute atomic E-state index is 0.152. The van der Waals surface area contributed by atoms with Crippen molar-refractivity contribution in [2.24, 2.45) is 5.92 Å². The number of carbonyl (C=O) groups is 2. The molecule has 1 aliphatic heterocycles. The average Bonchev–Trinajstić information content (AvgIpc) is 2.88. The molecule has 2 unspecified atom stereocenters. The number of carboxylic acid groups (broad SMARTS) is 1. The van der Waals surface area contributed by atoms with Gasteiger partial charge in [0, 0.05) is 25.3 Å². The molecule has 0 bridgehead atoms. The first kappa shape index (κ1) is 15.2. The summed E-state index contributed by atoms with van der Waals surface area (Å²) in [5.41, 5.74) is 0.654. The molecule has 0 saturated carbocycles. The van der Waals surface area contributed by atoms with E-state index in [0.29, 0.717) is 18.2 Å². The SMILES string of the molecule is CC1OCCC1CNC(=O)NCc1cc(C(=O)O)ccn1. The zero-order valence-electron chi connectivity index (χ0n) is 11.8. The van der Waals surface area contributed by atoms with Crippen molar-refractivity contribution in [2.75, 3.05) is 13.2 Å². The number of urea groups is 1. The van der Waals surface area contributed by atoms with Gasteiger partial charge in [-0.3, -0.25) is 4.98 Å². The Balaban J connectivity index is 1.76. The normalized spacial score (nSPS) is 21.0. The first-order valence-electron chi connectivity index (χ1n) is 6.88. The maximum atomic E-state index is 11.7. The minimum atomic E-state index is -1.02. The topological polar surface area (TPSA) is 101 Å². The number of aromatic nitrogens is 1. The lowest BCUT2D eigenvalue weighted by Crippen LogP contribution is -2.39. The van der Waals surface area contributed by atoms with Gasteiger partial charge in [0.1, 0.15) is 0 Å². The number of hydrogen-bond donors (Lipinski definition) is 3. The molecule has 2 rings (SSSR count). The number of carbonyl (C=O) groups excluding carboxylic acids is 1. The predicted octanol–water partition coefficient (Wildman–Crippen LogP) is 1.00. The molecule has 2 atom stereocenters. The minimum Gasteiger partial charge on any atom is -0.478 e. The first-order chi connectivity index (χ1) is 10.1. The molecule has 1 aromatic rings. The van der Waals surface area contributed by atoms with Gasteiger partial charge in [-0.1, -0.05) is 0 Å². The second kappa shape index (κ2) is 7.03. The van der Waals surface area contributed by atoms with Crippen LogP contribution in [0.5, 0.6) is 0 Å². The number of ether oxygens (including phenoxy) is 1. The van der Waals surface area contributed by atoms with Crippen LogP contribution < -0.4 is 10.6 Å². The summed E-state index contributed by atoms with van der Waals surface area (Å²) in [7, 11) is 0. The zero-order chi connectivity index (χ0) is 15.2. The Labute approximate surface area is 122 Å². The third-order valence-corrected chi connectivity index (χ3v) is 3.55. The third-order valence-electron chi connectivity index (χ3n) is 3.55. The van der Waals surface area contributed by atoms with Crippen LogP contribution in [0.2, 0.25) is 0 Å². The van der Waals surface area contributed by atoms with Crippen LogP contribution in [-0.2, 0) is 11.3 Å². The summed E-state index contributed by atoms with van der Waals surface area (Å²) < 4.78 is 5.43. The standard InChI is InChI=1S/C14H19N3O4/c1-9-11(3-5-21-9)7-16-14(20)17-8-12-6-10(13(18)19)2-4-15-12/h2,4,6,9,11H,3,5,7-8H2,1H3,(H,18,19)(H2,16,17,20). The fraction of sp³-hybridized carbons (Fsp3) is 0.500. The molecular formula is C14H19N3O4. The Bertz CT molecular complexity index is 521. The number of nitrogens with one attached hydrogen (secondary N) is 2. The molecule has 1 fully saturated rings. The van der Waals surface area contributed by atoms with Crippen molar-refractivity contribution in [3.8, 4) is 0 Å². The highest BCUT2D eigenvalue weighted by molar-refractivity contribution is 5.87. The number of aromatic carboxylic acids is 1. The summed E-state index contributed by atoms with van der Waals surface area (Å²) >= 11 is 0. The van der Waals surface area contributed by atoms with Crippen molar-refractivity contribution in [3.05, 3.63) is 29.6 Å². The summed E-state index contributed by atoms with van der Waals surface area (Å²) in [6, 6.07) is 2.56. The zero-order valence-corrected chi connectivity index (χ0v) is 11.8. The van der Waals surface area contributed by atoms with E-state index >= 15 is 0 Å². The van der Waals surface area contributed by atoms with Gasteiger partial charge in [0.2, 0.25) is 0 Å². The van der Waals surface area contributed by atoms with Gasteiger partial charge in [-0.25, -0.2) is 9.59 Å². The lowest BCUT2D eigenvalue weighted by atomic mass is 10.0. The molecule has 0 radical (unpaired) electrons. The van der Waals surface area contributed by atoms with Gasteiger partial charge in [-0.15, -0.1) is 0 Å². The van der Waals surface area contributed by atoms with Gasteiger partial charge < -0.3 is 20.5 Å². The molecule has 1 saturated heterocycles. The lowest BCUT2D eigenvalue weighted by Gasteiger charge is -2.15. The average molecular weight is 293 g/mol. The fourth-order valence-electron chi connectivity index (χ4n) is 2.21. The predicted molar refractivity (Wildman–Crippen MR) is 75.0 cm³/mol. The van der Waals surface area contributed by atoms with Gasteiger partial charge >= 0.3 is 12.0 Å². The number of amides is 2. The number of nitrogens with zero attached hydrogens (tertiary/aromatic N) is 1. The first-order valence-corrected chi connectivity index (χ1v) is 6.88. The molecule has 1 aliphatic rings. The highest BCUT2D eigenvalue weighted by Crippen LogP contribution is 2.19. The monoisotopic (exact) mass is 293 g/mol. The van der Waals surface area contributed by atoms with Gasteiger partial charge in [0.05, 0.1) is 23.9 Å². The molecule has 3 N–H and O–H groups in total. The highest BCUT2D eigenvalue weighted by Gasteiger charge is 2.24. The Kier molecular flexibility index (Phi) is 5.10. The van der Waals surface area contributed by atoms with Crippen LogP contribution in [0.3, 0.4) is 0 Å². The molecule has 0 aromatic carbocycles. The van der Waals surface area contributed by atoms with Gasteiger partial charge in [0.15, 0.2) is 0 Å². The summed E-state index contributed by atoms with van der Waals surface area (Å²) in [4.78, 5) is 26.5. The summed E-state index contributed by atoms with van der Waals surface area (Å²) in [5, 5.41) is 14.3. The van der Waals surface area contributed by atoms with Crippen LogP contribution in [0.4, 0.5) is 4.79 Å². The number of hydrogen-bond acceptors (Lipinski definition) is 4. The van der Waals surface area contributed by atoms with Crippen LogP contribution >= 0.6 is 0 Å². The van der Waals surface area contributed by atoms with Crippen LogP contribution in [-0.4, -0.2) is 41.3 Å². The molecule has 2 heterocycles. The quantitative estimate of drug-likeness (QED) is 0.752. The lowest BCUT2D eigenvalue weighted by molar-refractivity contribution is 0.0696. The van der Waals surface area contributed by atoms with E-state index in [1.54, 1.807) is 0 Å². The van der Waals surface area contributed by atoms with Crippen molar-refractivity contribution >= 4 is 12.0 Å². The van der Waals surface area contributed by atoms with E-state index in [2.05, 4.69) is 15.6 Å². The van der Waals surface area contributed by atoms with E-state index in [1.807, 2.05) is 6.92 Å². The molecule has 0 spiro atoms. The van der Waals surface area contributed by atoms with Crippen molar-refractivity contribution in [1.82, 2.24) is 15.6 Å². The fourth-order valence-corrected chi connectivity index (χ4v) is 2.21. The number of carboxylic acids is 1. The number of pyridine rings is 1. The largest absolute Gasteiger partial charge is 0.478 e.